The Balaban J connectivity index is 2.01. The van der Waals surface area contributed by atoms with Crippen molar-refractivity contribution in [2.75, 3.05) is 12.3 Å². The Bertz CT molecular complexity index is 538. The molecule has 0 fully saturated rings. The first-order valence-corrected chi connectivity index (χ1v) is 5.12. The second-order valence-corrected chi connectivity index (χ2v) is 3.56. The molecule has 18 heavy (non-hydrogen) atoms. The topological polar surface area (TPSA) is 89.7 Å². The summed E-state index contributed by atoms with van der Waals surface area (Å²) in [6.45, 7) is -0.107. The standard InChI is InChI=1S/C9H10F3N5O/c10-9(11,12)2-1-3-18-7-5-6(15-4-14-5)16-8(13)17-7/h4H,1-3H2,(H3,13,14,15,16,17). The summed E-state index contributed by atoms with van der Waals surface area (Å²) in [6, 6.07) is 0. The fourth-order valence-electron chi connectivity index (χ4n) is 1.37. The zero-order valence-corrected chi connectivity index (χ0v) is 9.16. The van der Waals surface area contributed by atoms with Gasteiger partial charge in [-0.3, -0.25) is 0 Å². The maximum Gasteiger partial charge on any atom is 0.389 e. The van der Waals surface area contributed by atoms with Crippen LogP contribution in [0.5, 0.6) is 5.88 Å². The predicted octanol–water partition coefficient (Wildman–Crippen LogP) is 1.66. The highest BCUT2D eigenvalue weighted by Crippen LogP contribution is 2.23. The number of fused-ring (bicyclic) bond motifs is 1. The number of nitrogen functional groups attached to an aromatic ring is 1. The molecule has 2 rings (SSSR count). The Morgan fingerprint density at radius 1 is 1.33 bits per heavy atom. The molecule has 6 nitrogen and oxygen atoms in total. The summed E-state index contributed by atoms with van der Waals surface area (Å²) in [7, 11) is 0. The number of nitrogens with zero attached hydrogens (tertiary/aromatic N) is 3. The molecule has 0 atom stereocenters. The molecule has 3 N–H and O–H groups in total. The van der Waals surface area contributed by atoms with Gasteiger partial charge < -0.3 is 15.5 Å². The molecule has 0 bridgehead atoms. The molecule has 0 amide bonds. The van der Waals surface area contributed by atoms with Gasteiger partial charge in [0.05, 0.1) is 12.9 Å². The van der Waals surface area contributed by atoms with Crippen molar-refractivity contribution >= 4 is 17.1 Å². The molecule has 0 unspecified atom stereocenters. The summed E-state index contributed by atoms with van der Waals surface area (Å²) >= 11 is 0. The molecular formula is C9H10F3N5O. The van der Waals surface area contributed by atoms with Crippen LogP contribution in [-0.4, -0.2) is 32.7 Å². The summed E-state index contributed by atoms with van der Waals surface area (Å²) in [6.07, 6.45) is -3.86. The van der Waals surface area contributed by atoms with Gasteiger partial charge in [0.25, 0.3) is 0 Å². The third kappa shape index (κ3) is 2.99. The van der Waals surface area contributed by atoms with Crippen molar-refractivity contribution in [1.82, 2.24) is 19.9 Å². The van der Waals surface area contributed by atoms with Gasteiger partial charge in [-0.2, -0.15) is 23.1 Å². The lowest BCUT2D eigenvalue weighted by Crippen LogP contribution is -2.10. The molecule has 2 aromatic rings. The molecule has 0 aromatic carbocycles. The zero-order chi connectivity index (χ0) is 13.2. The molecule has 2 aromatic heterocycles. The summed E-state index contributed by atoms with van der Waals surface area (Å²) in [5, 5.41) is 0. The van der Waals surface area contributed by atoms with Crippen LogP contribution in [0.1, 0.15) is 12.8 Å². The van der Waals surface area contributed by atoms with Gasteiger partial charge in [0, 0.05) is 6.42 Å². The van der Waals surface area contributed by atoms with E-state index in [1.165, 1.54) is 6.33 Å². The lowest BCUT2D eigenvalue weighted by atomic mass is 10.3. The Morgan fingerprint density at radius 3 is 2.83 bits per heavy atom. The van der Waals surface area contributed by atoms with Crippen molar-refractivity contribution in [3.05, 3.63) is 6.33 Å². The van der Waals surface area contributed by atoms with Gasteiger partial charge in [-0.25, -0.2) is 4.98 Å². The molecule has 9 heteroatoms. The predicted molar refractivity (Wildman–Crippen MR) is 56.9 cm³/mol. The van der Waals surface area contributed by atoms with E-state index < -0.39 is 12.6 Å². The van der Waals surface area contributed by atoms with Gasteiger partial charge in [0.1, 0.15) is 5.52 Å². The van der Waals surface area contributed by atoms with Gasteiger partial charge in [-0.15, -0.1) is 0 Å². The van der Waals surface area contributed by atoms with Gasteiger partial charge in [0.2, 0.25) is 11.8 Å². The van der Waals surface area contributed by atoms with Crippen LogP contribution in [0.2, 0.25) is 0 Å². The number of nitrogens with one attached hydrogen (secondary N) is 1. The number of hydrogen-bond acceptors (Lipinski definition) is 5. The number of rotatable bonds is 4. The summed E-state index contributed by atoms with van der Waals surface area (Å²) < 4.78 is 40.9. The molecule has 2 heterocycles. The minimum atomic E-state index is -4.18. The van der Waals surface area contributed by atoms with Crippen molar-refractivity contribution in [3.8, 4) is 5.88 Å². The molecule has 0 saturated carbocycles. The number of nitrogens with two attached hydrogens (primary N) is 1. The number of aromatic nitrogens is 4. The average molecular weight is 261 g/mol. The molecule has 98 valence electrons. The highest BCUT2D eigenvalue weighted by atomic mass is 19.4. The summed E-state index contributed by atoms with van der Waals surface area (Å²) in [4.78, 5) is 14.2. The first-order chi connectivity index (χ1) is 8.46. The van der Waals surface area contributed by atoms with Crippen LogP contribution in [0.4, 0.5) is 19.1 Å². The highest BCUT2D eigenvalue weighted by Gasteiger charge is 2.26. The molecule has 0 spiro atoms. The van der Waals surface area contributed by atoms with Crippen molar-refractivity contribution in [3.63, 3.8) is 0 Å². The monoisotopic (exact) mass is 261 g/mol. The molecule has 0 radical (unpaired) electrons. The SMILES string of the molecule is Nc1nc(OCCCC(F)(F)F)c2[nH]cnc2n1. The van der Waals surface area contributed by atoms with E-state index in [2.05, 4.69) is 19.9 Å². The molecular weight excluding hydrogens is 251 g/mol. The van der Waals surface area contributed by atoms with Gasteiger partial charge in [-0.05, 0) is 6.42 Å². The Hall–Kier alpha value is -2.06. The number of halogens is 3. The Kier molecular flexibility index (Phi) is 3.21. The lowest BCUT2D eigenvalue weighted by molar-refractivity contribution is -0.136. The van der Waals surface area contributed by atoms with Crippen LogP contribution in [-0.2, 0) is 0 Å². The van der Waals surface area contributed by atoms with E-state index in [4.69, 9.17) is 10.5 Å². The van der Waals surface area contributed by atoms with Crippen molar-refractivity contribution in [2.45, 2.75) is 19.0 Å². The van der Waals surface area contributed by atoms with Gasteiger partial charge >= 0.3 is 6.18 Å². The van der Waals surface area contributed by atoms with E-state index in [9.17, 15) is 13.2 Å². The molecule has 0 aliphatic rings. The highest BCUT2D eigenvalue weighted by molar-refractivity contribution is 5.76. The number of anilines is 1. The van der Waals surface area contributed by atoms with Crippen molar-refractivity contribution < 1.29 is 17.9 Å². The lowest BCUT2D eigenvalue weighted by Gasteiger charge is -2.08. The van der Waals surface area contributed by atoms with Gasteiger partial charge in [0.15, 0.2) is 5.65 Å². The maximum atomic E-state index is 11.9. The minimum Gasteiger partial charge on any atom is -0.476 e. The van der Waals surface area contributed by atoms with E-state index in [-0.39, 0.29) is 24.9 Å². The maximum absolute atomic E-state index is 11.9. The van der Waals surface area contributed by atoms with Crippen LogP contribution in [0.25, 0.3) is 11.2 Å². The summed E-state index contributed by atoms with van der Waals surface area (Å²) in [5.74, 6) is 0.0672. The fraction of sp³-hybridized carbons (Fsp3) is 0.444. The number of imidazole rings is 1. The number of ether oxygens (including phenoxy) is 1. The third-order valence-corrected chi connectivity index (χ3v) is 2.11. The Labute approximate surface area is 99.4 Å². The van der Waals surface area contributed by atoms with E-state index in [1.807, 2.05) is 0 Å². The fourth-order valence-corrected chi connectivity index (χ4v) is 1.37. The molecule has 0 saturated heterocycles. The van der Waals surface area contributed by atoms with Crippen LogP contribution in [0.15, 0.2) is 6.33 Å². The quantitative estimate of drug-likeness (QED) is 0.817. The first-order valence-electron chi connectivity index (χ1n) is 5.12. The van der Waals surface area contributed by atoms with E-state index in [0.29, 0.717) is 11.2 Å². The van der Waals surface area contributed by atoms with E-state index in [0.717, 1.165) is 0 Å². The molecule has 0 aliphatic carbocycles. The average Bonchev–Trinajstić information content (AvgIpc) is 2.70. The first kappa shape index (κ1) is 12.4. The minimum absolute atomic E-state index is 0.0413. The van der Waals surface area contributed by atoms with Gasteiger partial charge in [-0.1, -0.05) is 0 Å². The Morgan fingerprint density at radius 2 is 2.11 bits per heavy atom. The largest absolute Gasteiger partial charge is 0.476 e. The van der Waals surface area contributed by atoms with Crippen LogP contribution >= 0.6 is 0 Å². The van der Waals surface area contributed by atoms with Crippen LogP contribution in [0.3, 0.4) is 0 Å². The van der Waals surface area contributed by atoms with Crippen LogP contribution in [0, 0.1) is 0 Å². The van der Waals surface area contributed by atoms with Crippen LogP contribution < -0.4 is 10.5 Å². The zero-order valence-electron chi connectivity index (χ0n) is 9.16. The normalized spacial score (nSPS) is 11.9. The second kappa shape index (κ2) is 4.67. The second-order valence-electron chi connectivity index (χ2n) is 3.56. The smallest absolute Gasteiger partial charge is 0.389 e. The van der Waals surface area contributed by atoms with E-state index >= 15 is 0 Å². The van der Waals surface area contributed by atoms with Crippen molar-refractivity contribution in [1.29, 1.82) is 0 Å². The number of aromatic amines is 1. The summed E-state index contributed by atoms with van der Waals surface area (Å²) in [5.41, 5.74) is 6.15. The molecule has 0 aliphatic heterocycles. The van der Waals surface area contributed by atoms with E-state index in [1.54, 1.807) is 0 Å². The number of hydrogen-bond donors (Lipinski definition) is 2. The third-order valence-electron chi connectivity index (χ3n) is 2.11. The number of H-pyrrole nitrogens is 1. The van der Waals surface area contributed by atoms with Crippen molar-refractivity contribution in [2.24, 2.45) is 0 Å². The number of alkyl halides is 3.